The monoisotopic (exact) mass is 179 g/mol. The van der Waals surface area contributed by atoms with Crippen LogP contribution in [0.2, 0.25) is 0 Å². The molecule has 0 radical (unpaired) electrons. The largest absolute Gasteiger partial charge is 0.394 e. The highest BCUT2D eigenvalue weighted by Crippen LogP contribution is 2.16. The van der Waals surface area contributed by atoms with Crippen LogP contribution in [0.4, 0.5) is 0 Å². The zero-order chi connectivity index (χ0) is 9.84. The third kappa shape index (κ3) is 2.29. The van der Waals surface area contributed by atoms with Gasteiger partial charge in [-0.15, -0.1) is 0 Å². The lowest BCUT2D eigenvalue weighted by atomic mass is 9.99. The molecule has 1 atom stereocenters. The van der Waals surface area contributed by atoms with Gasteiger partial charge >= 0.3 is 0 Å². The van der Waals surface area contributed by atoms with Gasteiger partial charge in [-0.1, -0.05) is 25.1 Å². The van der Waals surface area contributed by atoms with Crippen molar-refractivity contribution in [1.82, 2.24) is 0 Å². The van der Waals surface area contributed by atoms with Crippen molar-refractivity contribution in [2.75, 3.05) is 6.61 Å². The van der Waals surface area contributed by atoms with Crippen molar-refractivity contribution in [2.45, 2.75) is 26.3 Å². The number of benzene rings is 1. The molecule has 1 aromatic carbocycles. The summed E-state index contributed by atoms with van der Waals surface area (Å²) in [6.07, 6.45) is 1.01. The topological polar surface area (TPSA) is 46.2 Å². The molecular formula is C11H17NO. The van der Waals surface area contributed by atoms with Crippen LogP contribution in [0.25, 0.3) is 0 Å². The fourth-order valence-corrected chi connectivity index (χ4v) is 1.41. The van der Waals surface area contributed by atoms with Crippen molar-refractivity contribution in [2.24, 2.45) is 5.73 Å². The first-order chi connectivity index (χ1) is 6.19. The number of hydrogen-bond donors (Lipinski definition) is 2. The average Bonchev–Trinajstić information content (AvgIpc) is 2.17. The molecule has 0 saturated carbocycles. The summed E-state index contributed by atoms with van der Waals surface area (Å²) in [6, 6.07) is 5.88. The molecule has 0 aliphatic heterocycles. The summed E-state index contributed by atoms with van der Waals surface area (Å²) in [5.74, 6) is 0. The Morgan fingerprint density at radius 2 is 2.15 bits per heavy atom. The Labute approximate surface area is 79.4 Å². The Kier molecular flexibility index (Phi) is 3.46. The van der Waals surface area contributed by atoms with Crippen molar-refractivity contribution >= 4 is 0 Å². The lowest BCUT2D eigenvalue weighted by Crippen LogP contribution is -2.14. The van der Waals surface area contributed by atoms with Gasteiger partial charge in [0.1, 0.15) is 0 Å². The highest BCUT2D eigenvalue weighted by molar-refractivity contribution is 5.32. The van der Waals surface area contributed by atoms with E-state index in [4.69, 9.17) is 10.8 Å². The fourth-order valence-electron chi connectivity index (χ4n) is 1.41. The lowest BCUT2D eigenvalue weighted by molar-refractivity contribution is 0.268. The summed E-state index contributed by atoms with van der Waals surface area (Å²) in [5.41, 5.74) is 9.33. The predicted molar refractivity (Wildman–Crippen MR) is 54.6 cm³/mol. The van der Waals surface area contributed by atoms with Crippen LogP contribution in [0.5, 0.6) is 0 Å². The summed E-state index contributed by atoms with van der Waals surface area (Å²) in [7, 11) is 0. The summed E-state index contributed by atoms with van der Waals surface area (Å²) in [6.45, 7) is 4.22. The van der Waals surface area contributed by atoms with E-state index in [1.54, 1.807) is 0 Å². The molecule has 1 rings (SSSR count). The van der Waals surface area contributed by atoms with Crippen LogP contribution in [0.1, 0.15) is 29.7 Å². The van der Waals surface area contributed by atoms with Crippen LogP contribution < -0.4 is 5.73 Å². The first-order valence-electron chi connectivity index (χ1n) is 4.65. The predicted octanol–water partition coefficient (Wildman–Crippen LogP) is 1.55. The van der Waals surface area contributed by atoms with Crippen molar-refractivity contribution in [3.05, 3.63) is 34.9 Å². The van der Waals surface area contributed by atoms with Gasteiger partial charge in [0.15, 0.2) is 0 Å². The minimum absolute atomic E-state index is 0.00617. The van der Waals surface area contributed by atoms with E-state index in [9.17, 15) is 0 Å². The van der Waals surface area contributed by atoms with E-state index in [0.717, 1.165) is 12.0 Å². The van der Waals surface area contributed by atoms with Crippen molar-refractivity contribution < 1.29 is 5.11 Å². The molecule has 1 unspecified atom stereocenters. The molecule has 2 nitrogen and oxygen atoms in total. The molecule has 0 amide bonds. The molecule has 0 heterocycles. The number of aliphatic hydroxyl groups excluding tert-OH is 1. The smallest absolute Gasteiger partial charge is 0.0624 e. The van der Waals surface area contributed by atoms with Crippen LogP contribution in [0.3, 0.4) is 0 Å². The molecule has 1 aromatic rings. The van der Waals surface area contributed by atoms with E-state index >= 15 is 0 Å². The van der Waals surface area contributed by atoms with Crippen molar-refractivity contribution in [3.8, 4) is 0 Å². The van der Waals surface area contributed by atoms with Crippen molar-refractivity contribution in [1.29, 1.82) is 0 Å². The summed E-state index contributed by atoms with van der Waals surface area (Å²) in [4.78, 5) is 0. The summed E-state index contributed by atoms with van der Waals surface area (Å²) < 4.78 is 0. The third-order valence-corrected chi connectivity index (χ3v) is 2.38. The molecule has 0 saturated heterocycles. The second kappa shape index (κ2) is 4.40. The van der Waals surface area contributed by atoms with E-state index < -0.39 is 0 Å². The van der Waals surface area contributed by atoms with E-state index in [1.807, 2.05) is 6.07 Å². The maximum Gasteiger partial charge on any atom is 0.0624 e. The van der Waals surface area contributed by atoms with Gasteiger partial charge in [-0.3, -0.25) is 0 Å². The first kappa shape index (κ1) is 10.2. The van der Waals surface area contributed by atoms with Gasteiger partial charge in [0, 0.05) is 0 Å². The fraction of sp³-hybridized carbons (Fsp3) is 0.455. The number of nitrogens with two attached hydrogens (primary N) is 1. The Hall–Kier alpha value is -0.860. The highest BCUT2D eigenvalue weighted by Gasteiger charge is 2.05. The zero-order valence-corrected chi connectivity index (χ0v) is 8.25. The third-order valence-electron chi connectivity index (χ3n) is 2.38. The maximum atomic E-state index is 8.90. The average molecular weight is 179 g/mol. The highest BCUT2D eigenvalue weighted by atomic mass is 16.3. The van der Waals surface area contributed by atoms with Crippen molar-refractivity contribution in [3.63, 3.8) is 0 Å². The first-order valence-corrected chi connectivity index (χ1v) is 4.65. The van der Waals surface area contributed by atoms with E-state index in [0.29, 0.717) is 0 Å². The summed E-state index contributed by atoms with van der Waals surface area (Å²) in [5, 5.41) is 8.90. The zero-order valence-electron chi connectivity index (χ0n) is 8.25. The Balaban J connectivity index is 2.99. The molecule has 0 bridgehead atoms. The van der Waals surface area contributed by atoms with E-state index in [1.165, 1.54) is 11.1 Å². The van der Waals surface area contributed by atoms with Crippen LogP contribution >= 0.6 is 0 Å². The van der Waals surface area contributed by atoms with E-state index in [-0.39, 0.29) is 12.6 Å². The standard InChI is InChI=1S/C11H17NO/c1-3-9-6-10(11(12)7-13)5-4-8(9)2/h4-6,11,13H,3,7,12H2,1-2H3. The molecule has 0 aliphatic carbocycles. The second-order valence-corrected chi connectivity index (χ2v) is 3.33. The van der Waals surface area contributed by atoms with Gasteiger partial charge in [0.25, 0.3) is 0 Å². The van der Waals surface area contributed by atoms with Gasteiger partial charge in [0.2, 0.25) is 0 Å². The molecule has 13 heavy (non-hydrogen) atoms. The molecular weight excluding hydrogens is 162 g/mol. The van der Waals surface area contributed by atoms with Crippen LogP contribution in [-0.4, -0.2) is 11.7 Å². The van der Waals surface area contributed by atoms with Gasteiger partial charge in [-0.25, -0.2) is 0 Å². The van der Waals surface area contributed by atoms with Gasteiger partial charge < -0.3 is 10.8 Å². The molecule has 3 N–H and O–H groups in total. The molecule has 0 spiro atoms. The minimum Gasteiger partial charge on any atom is -0.394 e. The van der Waals surface area contributed by atoms with Crippen LogP contribution in [-0.2, 0) is 6.42 Å². The Morgan fingerprint density at radius 3 is 2.69 bits per heavy atom. The SMILES string of the molecule is CCc1cc(C(N)CO)ccc1C. The molecule has 72 valence electrons. The van der Waals surface area contributed by atoms with Gasteiger partial charge in [-0.05, 0) is 30.0 Å². The lowest BCUT2D eigenvalue weighted by Gasteiger charge is -2.11. The van der Waals surface area contributed by atoms with Crippen LogP contribution in [0, 0.1) is 6.92 Å². The Morgan fingerprint density at radius 1 is 1.46 bits per heavy atom. The number of rotatable bonds is 3. The Bertz CT molecular complexity index is 283. The molecule has 2 heteroatoms. The maximum absolute atomic E-state index is 8.90. The number of aliphatic hydroxyl groups is 1. The number of aryl methyl sites for hydroxylation is 2. The summed E-state index contributed by atoms with van der Waals surface area (Å²) >= 11 is 0. The molecule has 0 fully saturated rings. The minimum atomic E-state index is -0.245. The van der Waals surface area contributed by atoms with E-state index in [2.05, 4.69) is 26.0 Å². The molecule has 0 aromatic heterocycles. The quantitative estimate of drug-likeness (QED) is 0.739. The van der Waals surface area contributed by atoms with Crippen LogP contribution in [0.15, 0.2) is 18.2 Å². The second-order valence-electron chi connectivity index (χ2n) is 3.33. The molecule has 0 aliphatic rings. The number of hydrogen-bond acceptors (Lipinski definition) is 2. The van der Waals surface area contributed by atoms with Gasteiger partial charge in [-0.2, -0.15) is 0 Å². The normalized spacial score (nSPS) is 12.9. The van der Waals surface area contributed by atoms with Gasteiger partial charge in [0.05, 0.1) is 12.6 Å².